The molecule has 0 fully saturated rings. The van der Waals surface area contributed by atoms with E-state index in [1.807, 2.05) is 19.9 Å². The molecule has 0 saturated heterocycles. The fourth-order valence-electron chi connectivity index (χ4n) is 2.64. The molecule has 1 N–H and O–H groups in total. The summed E-state index contributed by atoms with van der Waals surface area (Å²) in [6, 6.07) is 7.12. The summed E-state index contributed by atoms with van der Waals surface area (Å²) in [5.74, 6) is 0.295. The number of nitrogens with one attached hydrogen (secondary N) is 1. The first-order chi connectivity index (χ1) is 9.24. The van der Waals surface area contributed by atoms with E-state index in [-0.39, 0.29) is 11.8 Å². The molecule has 104 valence electrons. The van der Waals surface area contributed by atoms with Gasteiger partial charge in [-0.3, -0.25) is 19.5 Å². The first-order valence-corrected chi connectivity index (χ1v) is 6.60. The molecule has 0 aromatic heterocycles. The predicted molar refractivity (Wildman–Crippen MR) is 77.0 cm³/mol. The molecule has 0 radical (unpaired) electrons. The maximum Gasteiger partial charge on any atom is 0.259 e. The topological polar surface area (TPSA) is 61.8 Å². The van der Waals surface area contributed by atoms with Crippen LogP contribution in [0, 0.1) is 0 Å². The van der Waals surface area contributed by atoms with Gasteiger partial charge in [-0.1, -0.05) is 12.1 Å². The van der Waals surface area contributed by atoms with Crippen molar-refractivity contribution in [2.24, 2.45) is 4.99 Å². The second kappa shape index (κ2) is 3.69. The lowest BCUT2D eigenvalue weighted by molar-refractivity contribution is -0.120. The summed E-state index contributed by atoms with van der Waals surface area (Å²) in [5.41, 5.74) is -0.400. The molecule has 5 heteroatoms. The Morgan fingerprint density at radius 2 is 1.75 bits per heavy atom. The molecule has 0 aliphatic carbocycles. The SMILES string of the molecule is CC1(C)N=C2N(C1=O)c1ccccc1C(=O)NC2(C)C. The van der Waals surface area contributed by atoms with E-state index in [4.69, 9.17) is 0 Å². The zero-order chi connectivity index (χ0) is 14.7. The second-order valence-corrected chi connectivity index (χ2v) is 6.23. The van der Waals surface area contributed by atoms with Crippen LogP contribution in [0.2, 0.25) is 0 Å². The monoisotopic (exact) mass is 271 g/mol. The number of benzene rings is 1. The zero-order valence-corrected chi connectivity index (χ0v) is 12.0. The van der Waals surface area contributed by atoms with Gasteiger partial charge in [-0.25, -0.2) is 0 Å². The molecule has 0 bridgehead atoms. The number of hydrogen-bond acceptors (Lipinski definition) is 3. The minimum absolute atomic E-state index is 0.107. The highest BCUT2D eigenvalue weighted by Gasteiger charge is 2.49. The third kappa shape index (κ3) is 1.59. The highest BCUT2D eigenvalue weighted by molar-refractivity contribution is 6.30. The van der Waals surface area contributed by atoms with Crippen LogP contribution in [-0.2, 0) is 4.79 Å². The first-order valence-electron chi connectivity index (χ1n) is 6.60. The second-order valence-electron chi connectivity index (χ2n) is 6.23. The molecular formula is C15H17N3O2. The van der Waals surface area contributed by atoms with Crippen LogP contribution in [0.25, 0.3) is 0 Å². The molecule has 1 aromatic rings. The summed E-state index contributed by atoms with van der Waals surface area (Å²) >= 11 is 0. The third-order valence-electron chi connectivity index (χ3n) is 3.70. The Hall–Kier alpha value is -2.17. The van der Waals surface area contributed by atoms with Crippen LogP contribution >= 0.6 is 0 Å². The number of hydrogen-bond donors (Lipinski definition) is 1. The van der Waals surface area contributed by atoms with Gasteiger partial charge >= 0.3 is 0 Å². The quantitative estimate of drug-likeness (QED) is 0.781. The molecule has 2 amide bonds. The molecule has 1 aromatic carbocycles. The fraction of sp³-hybridized carbons (Fsp3) is 0.400. The van der Waals surface area contributed by atoms with Gasteiger partial charge < -0.3 is 5.32 Å². The van der Waals surface area contributed by atoms with Crippen molar-refractivity contribution in [3.05, 3.63) is 29.8 Å². The van der Waals surface area contributed by atoms with Gasteiger partial charge in [0.05, 0.1) is 16.8 Å². The minimum Gasteiger partial charge on any atom is -0.340 e. The first kappa shape index (κ1) is 12.8. The molecule has 5 nitrogen and oxygen atoms in total. The van der Waals surface area contributed by atoms with Gasteiger partial charge in [0, 0.05) is 0 Å². The number of para-hydroxylation sites is 1. The van der Waals surface area contributed by atoms with Crippen molar-refractivity contribution in [3.8, 4) is 0 Å². The number of amidine groups is 1. The fourth-order valence-corrected chi connectivity index (χ4v) is 2.64. The highest BCUT2D eigenvalue weighted by Crippen LogP contribution is 2.35. The maximum atomic E-state index is 12.6. The van der Waals surface area contributed by atoms with Crippen LogP contribution in [0.4, 0.5) is 5.69 Å². The Kier molecular flexibility index (Phi) is 2.37. The Labute approximate surface area is 117 Å². The average molecular weight is 271 g/mol. The molecule has 2 aliphatic rings. The Balaban J connectivity index is 2.29. The summed E-state index contributed by atoms with van der Waals surface area (Å²) in [6.07, 6.45) is 0. The third-order valence-corrected chi connectivity index (χ3v) is 3.70. The van der Waals surface area contributed by atoms with E-state index >= 15 is 0 Å². The van der Waals surface area contributed by atoms with Gasteiger partial charge in [-0.15, -0.1) is 0 Å². The van der Waals surface area contributed by atoms with E-state index < -0.39 is 11.1 Å². The number of carbonyl (C=O) groups excluding carboxylic acids is 2. The van der Waals surface area contributed by atoms with Crippen molar-refractivity contribution in [1.29, 1.82) is 0 Å². The number of fused-ring (bicyclic) bond motifs is 3. The zero-order valence-electron chi connectivity index (χ0n) is 12.0. The van der Waals surface area contributed by atoms with Gasteiger partial charge in [-0.05, 0) is 39.8 Å². The molecule has 0 saturated carbocycles. The molecule has 20 heavy (non-hydrogen) atoms. The van der Waals surface area contributed by atoms with Gasteiger partial charge in [0.25, 0.3) is 11.8 Å². The molecule has 2 heterocycles. The average Bonchev–Trinajstić information content (AvgIpc) is 2.56. The van der Waals surface area contributed by atoms with Gasteiger partial charge in [-0.2, -0.15) is 0 Å². The van der Waals surface area contributed by atoms with Crippen molar-refractivity contribution in [1.82, 2.24) is 5.32 Å². The van der Waals surface area contributed by atoms with Crippen LogP contribution in [0.15, 0.2) is 29.3 Å². The number of aliphatic imine (C=N–C) groups is 1. The number of anilines is 1. The molecule has 0 unspecified atom stereocenters. The smallest absolute Gasteiger partial charge is 0.259 e. The van der Waals surface area contributed by atoms with Crippen molar-refractivity contribution in [2.45, 2.75) is 38.8 Å². The summed E-state index contributed by atoms with van der Waals surface area (Å²) in [4.78, 5) is 31.1. The molecular weight excluding hydrogens is 254 g/mol. The summed E-state index contributed by atoms with van der Waals surface area (Å²) in [7, 11) is 0. The maximum absolute atomic E-state index is 12.6. The molecule has 2 aliphatic heterocycles. The molecule has 0 spiro atoms. The largest absolute Gasteiger partial charge is 0.340 e. The van der Waals surface area contributed by atoms with Crippen molar-refractivity contribution in [3.63, 3.8) is 0 Å². The summed E-state index contributed by atoms with van der Waals surface area (Å²) < 4.78 is 0. The lowest BCUT2D eigenvalue weighted by atomic mass is 10.0. The molecule has 3 rings (SSSR count). The summed E-state index contributed by atoms with van der Waals surface area (Å²) in [6.45, 7) is 7.30. The van der Waals surface area contributed by atoms with Gasteiger partial charge in [0.15, 0.2) is 0 Å². The van der Waals surface area contributed by atoms with E-state index in [1.54, 1.807) is 36.9 Å². The minimum atomic E-state index is -0.804. The lowest BCUT2D eigenvalue weighted by Crippen LogP contribution is -2.53. The van der Waals surface area contributed by atoms with Crippen LogP contribution in [0.5, 0.6) is 0 Å². The van der Waals surface area contributed by atoms with E-state index in [0.29, 0.717) is 17.1 Å². The van der Waals surface area contributed by atoms with Crippen molar-refractivity contribution >= 4 is 23.3 Å². The normalized spacial score (nSPS) is 22.6. The standard InChI is InChI=1S/C15H17N3O2/c1-14(2)12-17-15(3,4)13(20)18(12)10-8-6-5-7-9(10)11(19)16-14/h5-8H,1-4H3,(H,16,19). The van der Waals surface area contributed by atoms with Crippen molar-refractivity contribution < 1.29 is 9.59 Å². The van der Waals surface area contributed by atoms with Crippen LogP contribution < -0.4 is 10.2 Å². The van der Waals surface area contributed by atoms with Crippen LogP contribution in [-0.4, -0.2) is 28.7 Å². The lowest BCUT2D eigenvalue weighted by Gasteiger charge is -2.28. The number of nitrogens with zero attached hydrogens (tertiary/aromatic N) is 2. The van der Waals surface area contributed by atoms with E-state index in [0.717, 1.165) is 0 Å². The van der Waals surface area contributed by atoms with E-state index in [9.17, 15) is 9.59 Å². The Morgan fingerprint density at radius 1 is 1.10 bits per heavy atom. The van der Waals surface area contributed by atoms with Crippen LogP contribution in [0.3, 0.4) is 0 Å². The summed E-state index contributed by atoms with van der Waals surface area (Å²) in [5, 5.41) is 2.94. The highest BCUT2D eigenvalue weighted by atomic mass is 16.2. The van der Waals surface area contributed by atoms with E-state index in [2.05, 4.69) is 10.3 Å². The number of amides is 2. The Morgan fingerprint density at radius 3 is 2.45 bits per heavy atom. The number of rotatable bonds is 0. The van der Waals surface area contributed by atoms with Crippen LogP contribution in [0.1, 0.15) is 38.1 Å². The predicted octanol–water partition coefficient (Wildman–Crippen LogP) is 1.73. The number of carbonyl (C=O) groups is 2. The van der Waals surface area contributed by atoms with Gasteiger partial charge in [0.2, 0.25) is 0 Å². The molecule has 0 atom stereocenters. The van der Waals surface area contributed by atoms with Gasteiger partial charge in [0.1, 0.15) is 11.4 Å². The van der Waals surface area contributed by atoms with E-state index in [1.165, 1.54) is 0 Å². The van der Waals surface area contributed by atoms with Crippen molar-refractivity contribution in [2.75, 3.05) is 4.90 Å². The Bertz CT molecular complexity index is 659.